The van der Waals surface area contributed by atoms with Gasteiger partial charge in [0.15, 0.2) is 0 Å². The van der Waals surface area contributed by atoms with Crippen LogP contribution < -0.4 is 5.32 Å². The Morgan fingerprint density at radius 2 is 2.05 bits per heavy atom. The number of thiophene rings is 1. The van der Waals surface area contributed by atoms with Gasteiger partial charge in [-0.3, -0.25) is 0 Å². The lowest BCUT2D eigenvalue weighted by Gasteiger charge is -2.17. The van der Waals surface area contributed by atoms with Crippen molar-refractivity contribution < 1.29 is 21.6 Å². The lowest BCUT2D eigenvalue weighted by molar-refractivity contribution is -0.134. The molecule has 0 saturated heterocycles. The van der Waals surface area contributed by atoms with Gasteiger partial charge in [0.1, 0.15) is 6.54 Å². The second kappa shape index (κ2) is 6.21. The van der Waals surface area contributed by atoms with Gasteiger partial charge < -0.3 is 5.32 Å². The maximum Gasteiger partial charge on any atom is 0.402 e. The molecule has 1 aromatic heterocycles. The van der Waals surface area contributed by atoms with Crippen LogP contribution in [0.4, 0.5) is 13.2 Å². The predicted octanol–water partition coefficient (Wildman–Crippen LogP) is 2.04. The van der Waals surface area contributed by atoms with Gasteiger partial charge in [-0.1, -0.05) is 6.92 Å². The van der Waals surface area contributed by atoms with Gasteiger partial charge in [0.25, 0.3) is 0 Å². The number of rotatable bonds is 6. The smallest absolute Gasteiger partial charge is 0.312 e. The van der Waals surface area contributed by atoms with E-state index in [0.29, 0.717) is 10.8 Å². The molecule has 0 aliphatic rings. The largest absolute Gasteiger partial charge is 0.402 e. The van der Waals surface area contributed by atoms with Crippen LogP contribution in [0, 0.1) is 0 Å². The minimum absolute atomic E-state index is 0.0999. The van der Waals surface area contributed by atoms with Crippen LogP contribution >= 0.6 is 11.3 Å². The lowest BCUT2D eigenvalue weighted by Crippen LogP contribution is -2.35. The third-order valence-corrected chi connectivity index (χ3v) is 5.16. The zero-order chi connectivity index (χ0) is 14.7. The molecule has 1 rings (SSSR count). The van der Waals surface area contributed by atoms with Crippen LogP contribution in [-0.4, -0.2) is 39.0 Å². The molecule has 1 heterocycles. The van der Waals surface area contributed by atoms with Crippen LogP contribution in [0.2, 0.25) is 0 Å². The Bertz CT molecular complexity index is 511. The third-order valence-electron chi connectivity index (χ3n) is 2.29. The maximum absolute atomic E-state index is 12.2. The van der Waals surface area contributed by atoms with E-state index in [4.69, 9.17) is 0 Å². The molecule has 0 spiro atoms. The van der Waals surface area contributed by atoms with E-state index in [-0.39, 0.29) is 4.90 Å². The Morgan fingerprint density at radius 3 is 2.58 bits per heavy atom. The van der Waals surface area contributed by atoms with Crippen LogP contribution in [0.15, 0.2) is 16.3 Å². The second-order valence-corrected chi connectivity index (χ2v) is 6.95. The van der Waals surface area contributed by atoms with Crippen LogP contribution in [-0.2, 0) is 16.6 Å². The summed E-state index contributed by atoms with van der Waals surface area (Å²) in [5.41, 5.74) is 0. The summed E-state index contributed by atoms with van der Waals surface area (Å²) < 4.78 is 60.8. The average molecular weight is 316 g/mol. The van der Waals surface area contributed by atoms with Crippen molar-refractivity contribution in [1.29, 1.82) is 0 Å². The highest BCUT2D eigenvalue weighted by Gasteiger charge is 2.35. The van der Waals surface area contributed by atoms with Crippen molar-refractivity contribution in [3.05, 3.63) is 16.3 Å². The van der Waals surface area contributed by atoms with Crippen LogP contribution in [0.25, 0.3) is 0 Å². The minimum Gasteiger partial charge on any atom is -0.312 e. The first-order valence-corrected chi connectivity index (χ1v) is 7.80. The summed E-state index contributed by atoms with van der Waals surface area (Å²) in [6.45, 7) is 1.64. The van der Waals surface area contributed by atoms with Crippen molar-refractivity contribution in [2.75, 3.05) is 20.1 Å². The number of hydrogen-bond donors (Lipinski definition) is 1. The molecule has 0 bridgehead atoms. The van der Waals surface area contributed by atoms with Crippen molar-refractivity contribution in [1.82, 2.24) is 9.62 Å². The van der Waals surface area contributed by atoms with Crippen LogP contribution in [0.5, 0.6) is 0 Å². The van der Waals surface area contributed by atoms with E-state index in [9.17, 15) is 21.6 Å². The fourth-order valence-corrected chi connectivity index (χ4v) is 3.74. The first-order valence-electron chi connectivity index (χ1n) is 5.48. The molecule has 19 heavy (non-hydrogen) atoms. The van der Waals surface area contributed by atoms with E-state index in [1.165, 1.54) is 22.8 Å². The van der Waals surface area contributed by atoms with Gasteiger partial charge in [0.2, 0.25) is 10.0 Å². The van der Waals surface area contributed by atoms with Crippen molar-refractivity contribution in [2.45, 2.75) is 24.5 Å². The Hall–Kier alpha value is -0.640. The van der Waals surface area contributed by atoms with E-state index in [1.54, 1.807) is 0 Å². The Balaban J connectivity index is 2.85. The Kier molecular flexibility index (Phi) is 5.36. The molecule has 0 fully saturated rings. The zero-order valence-electron chi connectivity index (χ0n) is 10.5. The molecule has 0 unspecified atom stereocenters. The van der Waals surface area contributed by atoms with E-state index in [0.717, 1.165) is 18.5 Å². The molecule has 0 aromatic carbocycles. The van der Waals surface area contributed by atoms with Crippen molar-refractivity contribution in [2.24, 2.45) is 0 Å². The zero-order valence-corrected chi connectivity index (χ0v) is 12.1. The van der Waals surface area contributed by atoms with Crippen molar-refractivity contribution >= 4 is 21.4 Å². The van der Waals surface area contributed by atoms with Crippen LogP contribution in [0.3, 0.4) is 0 Å². The molecule has 0 aliphatic heterocycles. The summed E-state index contributed by atoms with van der Waals surface area (Å²) in [5, 5.41) is 4.37. The van der Waals surface area contributed by atoms with E-state index in [1.807, 2.05) is 6.92 Å². The van der Waals surface area contributed by atoms with Crippen LogP contribution in [0.1, 0.15) is 11.8 Å². The predicted molar refractivity (Wildman–Crippen MR) is 67.6 cm³/mol. The minimum atomic E-state index is -4.55. The number of sulfonamides is 1. The first-order chi connectivity index (χ1) is 8.66. The highest BCUT2D eigenvalue weighted by molar-refractivity contribution is 7.89. The first kappa shape index (κ1) is 16.4. The van der Waals surface area contributed by atoms with Gasteiger partial charge >= 0.3 is 6.18 Å². The molecule has 0 aliphatic carbocycles. The molecule has 0 atom stereocenters. The number of nitrogens with zero attached hydrogens (tertiary/aromatic N) is 1. The Labute approximate surface area is 114 Å². The quantitative estimate of drug-likeness (QED) is 0.874. The molecule has 1 aromatic rings. The van der Waals surface area contributed by atoms with E-state index >= 15 is 0 Å². The number of alkyl halides is 3. The molecule has 9 heteroatoms. The fourth-order valence-electron chi connectivity index (χ4n) is 1.35. The summed E-state index contributed by atoms with van der Waals surface area (Å²) >= 11 is 1.20. The maximum atomic E-state index is 12.2. The summed E-state index contributed by atoms with van der Waals surface area (Å²) in [6, 6.07) is 1.40. The standard InChI is InChI=1S/C10H15F3N2O2S2/c1-3-14-5-8-4-9(6-18-8)19(16,17)15(2)7-10(11,12)13/h4,6,14H,3,5,7H2,1-2H3. The molecule has 0 radical (unpaired) electrons. The number of nitrogens with one attached hydrogen (secondary N) is 1. The number of hydrogen-bond acceptors (Lipinski definition) is 4. The molecule has 0 amide bonds. The monoisotopic (exact) mass is 316 g/mol. The summed E-state index contributed by atoms with van der Waals surface area (Å²) in [6.07, 6.45) is -4.55. The Morgan fingerprint density at radius 1 is 1.42 bits per heavy atom. The highest BCUT2D eigenvalue weighted by atomic mass is 32.2. The molecule has 1 N–H and O–H groups in total. The fraction of sp³-hybridized carbons (Fsp3) is 0.600. The van der Waals surface area contributed by atoms with Gasteiger partial charge in [-0.05, 0) is 12.6 Å². The van der Waals surface area contributed by atoms with Crippen molar-refractivity contribution in [3.63, 3.8) is 0 Å². The number of halogens is 3. The van der Waals surface area contributed by atoms with E-state index < -0.39 is 22.7 Å². The molecule has 4 nitrogen and oxygen atoms in total. The molecular formula is C10H15F3N2O2S2. The van der Waals surface area contributed by atoms with Gasteiger partial charge in [-0.2, -0.15) is 17.5 Å². The molecule has 110 valence electrons. The van der Waals surface area contributed by atoms with Gasteiger partial charge in [-0.15, -0.1) is 11.3 Å². The summed E-state index contributed by atoms with van der Waals surface area (Å²) in [7, 11) is -3.16. The van der Waals surface area contributed by atoms with E-state index in [2.05, 4.69) is 5.32 Å². The topological polar surface area (TPSA) is 49.4 Å². The molecular weight excluding hydrogens is 301 g/mol. The normalized spacial score (nSPS) is 13.2. The highest BCUT2D eigenvalue weighted by Crippen LogP contribution is 2.24. The third kappa shape index (κ3) is 4.75. The second-order valence-electron chi connectivity index (χ2n) is 3.91. The molecule has 0 saturated carbocycles. The van der Waals surface area contributed by atoms with Gasteiger partial charge in [0, 0.05) is 23.8 Å². The lowest BCUT2D eigenvalue weighted by atomic mass is 10.4. The SMILES string of the molecule is CCNCc1cc(S(=O)(=O)N(C)CC(F)(F)F)cs1. The van der Waals surface area contributed by atoms with Gasteiger partial charge in [0.05, 0.1) is 4.90 Å². The average Bonchev–Trinajstić information content (AvgIpc) is 2.73. The summed E-state index contributed by atoms with van der Waals surface area (Å²) in [4.78, 5) is 0.665. The summed E-state index contributed by atoms with van der Waals surface area (Å²) in [5.74, 6) is 0. The van der Waals surface area contributed by atoms with Gasteiger partial charge in [-0.25, -0.2) is 8.42 Å². The van der Waals surface area contributed by atoms with Crippen molar-refractivity contribution in [3.8, 4) is 0 Å².